The highest BCUT2D eigenvalue weighted by Crippen LogP contribution is 2.34. The van der Waals surface area contributed by atoms with E-state index in [2.05, 4.69) is 267 Å². The summed E-state index contributed by atoms with van der Waals surface area (Å²) >= 11 is 0. The smallest absolute Gasteiger partial charge is 0.329 e. The average molecular weight is 1680 g/mol. The third kappa shape index (κ3) is 21.8. The van der Waals surface area contributed by atoms with Gasteiger partial charge in [0.25, 0.3) is 10.0 Å². The molecule has 17 aromatic rings. The number of aryl methyl sites for hydroxylation is 7. The number of pyridine rings is 1. The molecule has 1 aliphatic rings. The van der Waals surface area contributed by atoms with Crippen LogP contribution in [0.1, 0.15) is 236 Å². The van der Waals surface area contributed by atoms with E-state index in [0.717, 1.165) is 97.4 Å². The largest absolute Gasteiger partial charge is 0.490 e. The number of aromatic nitrogens is 16. The van der Waals surface area contributed by atoms with Gasteiger partial charge in [0.2, 0.25) is 0 Å². The topological polar surface area (TPSA) is 198 Å². The van der Waals surface area contributed by atoms with Crippen LogP contribution in [-0.4, -0.2) is 110 Å². The lowest BCUT2D eigenvalue weighted by molar-refractivity contribution is 0.303. The van der Waals surface area contributed by atoms with E-state index in [-0.39, 0.29) is 23.6 Å². The number of imidazole rings is 2. The molecular formula is C101H131N17O4S. The summed E-state index contributed by atoms with van der Waals surface area (Å²) in [5.41, 5.74) is 18.5. The van der Waals surface area contributed by atoms with Crippen molar-refractivity contribution in [2.45, 2.75) is 219 Å². The maximum absolute atomic E-state index is 12.1. The Balaban J connectivity index is 0.000000148. The predicted molar refractivity (Wildman–Crippen MR) is 514 cm³/mol. The first-order valence-corrected chi connectivity index (χ1v) is 45.2. The summed E-state index contributed by atoms with van der Waals surface area (Å²) in [7, 11) is 0.636. The number of rotatable bonds is 12. The first kappa shape index (κ1) is 88.9. The quantitative estimate of drug-likeness (QED) is 0.112. The summed E-state index contributed by atoms with van der Waals surface area (Å²) in [6.45, 7) is 47.8. The second kappa shape index (κ2) is 41.8. The van der Waals surface area contributed by atoms with Crippen LogP contribution in [0.15, 0.2) is 223 Å². The molecule has 0 radical (unpaired) electrons. The summed E-state index contributed by atoms with van der Waals surface area (Å²) in [6.07, 6.45) is 5.19. The van der Waals surface area contributed by atoms with Crippen LogP contribution in [0.3, 0.4) is 0 Å². The number of hydrogen-bond acceptors (Lipinski definition) is 12. The number of benzene rings is 8. The molecule has 0 N–H and O–H groups in total. The first-order chi connectivity index (χ1) is 59.8. The standard InChI is InChI=1S/C12H16N2O.C12H16N2.C11H14N2O2S.5C11H14N2.C11H15NO/c1-4-13-10-7-5-6-8-11(10)14(9(2)3)12(13)15;1-4-14-11-8-6-5-7-10(11)12(13-14)9(2)3;1-8(2)11-9-6-4-5-7-10(9)13(12-11)16(3,14)15;1-8(2)9-5-4-6-11-10(9)7-12-13(11)3;2*1-8(2)11-9-6-4-5-7-10(9)13(3)12-11;1-8(2)11-12-9(3)10-6-4-5-7-13(10)11;1-8(2)13-11-7-5-4-6-10(11)9(3)12-13;1-9(2)12-7-8-13-11-6-4-3-5-10(11)12/h5-9H,4H2,1-3H3;5-9H,4H2,1-3H3;4-8H,1-3H3;5*4-8H,1-3H3;3-6,9H,7-8H2,1-2H3/i;;;;3D3;;;;. The molecular weight excluding hydrogens is 1550 g/mol. The van der Waals surface area contributed by atoms with E-state index in [4.69, 9.17) is 8.85 Å². The van der Waals surface area contributed by atoms with Crippen molar-refractivity contribution in [2.75, 3.05) is 24.3 Å². The van der Waals surface area contributed by atoms with Crippen LogP contribution in [0.2, 0.25) is 0 Å². The zero-order chi connectivity index (χ0) is 91.9. The summed E-state index contributed by atoms with van der Waals surface area (Å²) in [6, 6.07) is 69.9. The van der Waals surface area contributed by atoms with Gasteiger partial charge < -0.3 is 14.0 Å². The van der Waals surface area contributed by atoms with Crippen molar-refractivity contribution in [3.05, 3.63) is 275 Å². The number of para-hydroxylation sites is 9. The summed E-state index contributed by atoms with van der Waals surface area (Å²) in [5.74, 6) is 4.60. The van der Waals surface area contributed by atoms with Crippen LogP contribution in [0, 0.1) is 13.8 Å². The molecule has 10 heterocycles. The lowest BCUT2D eigenvalue weighted by Crippen LogP contribution is -2.37. The number of anilines is 1. The Morgan fingerprint density at radius 2 is 0.886 bits per heavy atom. The Morgan fingerprint density at radius 1 is 0.423 bits per heavy atom. The third-order valence-electron chi connectivity index (χ3n) is 21.6. The summed E-state index contributed by atoms with van der Waals surface area (Å²) in [4.78, 5) is 19.0. The van der Waals surface area contributed by atoms with Crippen LogP contribution >= 0.6 is 0 Å². The molecule has 0 atom stereocenters. The monoisotopic (exact) mass is 1680 g/mol. The van der Waals surface area contributed by atoms with Crippen molar-refractivity contribution < 1.29 is 17.3 Å². The Kier molecular flexibility index (Phi) is 30.2. The van der Waals surface area contributed by atoms with E-state index < -0.39 is 17.0 Å². The van der Waals surface area contributed by atoms with Gasteiger partial charge in [-0.15, -0.1) is 0 Å². The van der Waals surface area contributed by atoms with E-state index >= 15 is 0 Å². The summed E-state index contributed by atoms with van der Waals surface area (Å²) in [5, 5.41) is 33.2. The molecule has 21 nitrogen and oxygen atoms in total. The zero-order valence-corrected chi connectivity index (χ0v) is 77.8. The van der Waals surface area contributed by atoms with E-state index in [0.29, 0.717) is 46.8 Å². The molecule has 0 saturated heterocycles. The van der Waals surface area contributed by atoms with Crippen molar-refractivity contribution >= 4 is 97.7 Å². The second-order valence-corrected chi connectivity index (χ2v) is 35.6. The third-order valence-corrected chi connectivity index (χ3v) is 22.5. The van der Waals surface area contributed by atoms with Crippen molar-refractivity contribution in [1.82, 2.24) is 76.6 Å². The van der Waals surface area contributed by atoms with Gasteiger partial charge >= 0.3 is 5.69 Å². The molecule has 650 valence electrons. The second-order valence-electron chi connectivity index (χ2n) is 33.8. The summed E-state index contributed by atoms with van der Waals surface area (Å²) < 4.78 is 67.1. The van der Waals surface area contributed by atoms with Crippen LogP contribution < -0.4 is 15.3 Å². The minimum absolute atomic E-state index is 0.0914. The van der Waals surface area contributed by atoms with Crippen molar-refractivity contribution in [3.8, 4) is 5.75 Å². The lowest BCUT2D eigenvalue weighted by Gasteiger charge is -2.34. The number of fused-ring (bicyclic) bond motifs is 9. The van der Waals surface area contributed by atoms with Gasteiger partial charge in [-0.3, -0.25) is 32.5 Å². The normalized spacial score (nSPS) is 12.4. The first-order valence-electron chi connectivity index (χ1n) is 44.8. The van der Waals surface area contributed by atoms with Crippen LogP contribution in [0.4, 0.5) is 5.69 Å². The van der Waals surface area contributed by atoms with Gasteiger partial charge in [0.05, 0.1) is 108 Å². The highest BCUT2D eigenvalue weighted by molar-refractivity contribution is 7.89. The minimum atomic E-state index is -3.34. The molecule has 0 unspecified atom stereocenters. The van der Waals surface area contributed by atoms with Gasteiger partial charge in [-0.1, -0.05) is 217 Å². The maximum atomic E-state index is 12.1. The van der Waals surface area contributed by atoms with E-state index in [1.54, 1.807) is 12.1 Å². The molecule has 0 saturated carbocycles. The van der Waals surface area contributed by atoms with Gasteiger partial charge in [0.15, 0.2) is 0 Å². The van der Waals surface area contributed by atoms with Gasteiger partial charge in [-0.05, 0) is 177 Å². The fourth-order valence-corrected chi connectivity index (χ4v) is 16.2. The predicted octanol–water partition coefficient (Wildman–Crippen LogP) is 23.6. The van der Waals surface area contributed by atoms with Gasteiger partial charge in [-0.2, -0.15) is 34.7 Å². The van der Waals surface area contributed by atoms with E-state index in [1.165, 1.54) is 71.8 Å². The number of hydrogen-bond donors (Lipinski definition) is 0. The molecule has 123 heavy (non-hydrogen) atoms. The average Bonchev–Trinajstić information content (AvgIpc) is 1.63. The van der Waals surface area contributed by atoms with Gasteiger partial charge in [-0.25, -0.2) is 18.2 Å². The Bertz CT molecular complexity index is 6430. The highest BCUT2D eigenvalue weighted by Gasteiger charge is 2.22. The van der Waals surface area contributed by atoms with Crippen molar-refractivity contribution in [2.24, 2.45) is 21.1 Å². The van der Waals surface area contributed by atoms with Crippen LogP contribution in [0.25, 0.3) is 82.0 Å². The van der Waals surface area contributed by atoms with Gasteiger partial charge in [0.1, 0.15) is 18.2 Å². The Labute approximate surface area is 732 Å². The molecule has 0 spiro atoms. The molecule has 0 aliphatic carbocycles. The molecule has 18 rings (SSSR count). The zero-order valence-electron chi connectivity index (χ0n) is 80.0. The Hall–Kier alpha value is -11.9. The van der Waals surface area contributed by atoms with Crippen molar-refractivity contribution in [3.63, 3.8) is 0 Å². The molecule has 1 aliphatic heterocycles. The molecule has 0 bridgehead atoms. The van der Waals surface area contributed by atoms with Crippen LogP contribution in [0.5, 0.6) is 5.75 Å². The number of ether oxygens (including phenoxy) is 1. The van der Waals surface area contributed by atoms with Crippen molar-refractivity contribution in [1.29, 1.82) is 0 Å². The lowest BCUT2D eigenvalue weighted by atomic mass is 10.00. The molecule has 8 aromatic carbocycles. The maximum Gasteiger partial charge on any atom is 0.329 e. The van der Waals surface area contributed by atoms with Gasteiger partial charge in [0, 0.05) is 101 Å². The SMILES string of the molecule is CC(C)N1CCOc2ccccc21.CC(C)c1cccc2c1cnn2C.CC(C)c1nn(C)c2ccccc12.CC(C)c1nn(S(C)(=O)=O)c2ccccc12.CCn1c(=O)n(C(C)C)c2ccccc21.CCn1nc(C(C)C)c2ccccc21.Cc1nc(C(C)C)n2ccccc12.Cc1nn(C(C)C)c2ccccc12.[2H]C([2H])([2H])n1nc(C(C)C)c2ccccc21. The van der Waals surface area contributed by atoms with Crippen LogP contribution in [-0.2, 0) is 44.2 Å². The minimum Gasteiger partial charge on any atom is -0.490 e. The Morgan fingerprint density at radius 3 is 1.42 bits per heavy atom. The molecule has 0 amide bonds. The fraction of sp³-hybridized carbons (Fsp3) is 0.386. The van der Waals surface area contributed by atoms with E-state index in [1.807, 2.05) is 178 Å². The fourth-order valence-electron chi connectivity index (χ4n) is 15.5. The number of nitrogens with zero attached hydrogens (tertiary/aromatic N) is 17. The molecule has 9 aromatic heterocycles. The molecule has 0 fully saturated rings. The van der Waals surface area contributed by atoms with E-state index in [9.17, 15) is 13.2 Å². The highest BCUT2D eigenvalue weighted by atomic mass is 32.2. The molecule has 22 heteroatoms.